The molecule has 0 aromatic heterocycles. The summed E-state index contributed by atoms with van der Waals surface area (Å²) in [6.45, 7) is 0. The first kappa shape index (κ1) is 10.9. The Morgan fingerprint density at radius 2 is 2.07 bits per heavy atom. The number of hydrogen-bond acceptors (Lipinski definition) is 2. The molecule has 1 aromatic carbocycles. The summed E-state index contributed by atoms with van der Waals surface area (Å²) < 4.78 is 4.89. The van der Waals surface area contributed by atoms with Crippen molar-refractivity contribution in [1.82, 2.24) is 0 Å². The Labute approximate surface area is 90.4 Å². The Hall–Kier alpha value is -1.13. The van der Waals surface area contributed by atoms with Gasteiger partial charge in [-0.3, -0.25) is 5.32 Å². The maximum Gasteiger partial charge on any atom is 0.409 e. The maximum atomic E-state index is 10.3. The van der Waals surface area contributed by atoms with E-state index in [2.05, 4.69) is 5.32 Å². The van der Waals surface area contributed by atoms with Crippen LogP contribution in [0.5, 0.6) is 5.75 Å². The van der Waals surface area contributed by atoms with Crippen LogP contribution >= 0.6 is 23.2 Å². The minimum atomic E-state index is -1.20. The van der Waals surface area contributed by atoms with Gasteiger partial charge in [-0.25, -0.2) is 4.79 Å². The highest BCUT2D eigenvalue weighted by atomic mass is 35.5. The molecule has 0 spiro atoms. The Kier molecular flexibility index (Phi) is 3.43. The van der Waals surface area contributed by atoms with Crippen LogP contribution in [0.2, 0.25) is 10.0 Å². The summed E-state index contributed by atoms with van der Waals surface area (Å²) in [7, 11) is 1.45. The summed E-state index contributed by atoms with van der Waals surface area (Å²) in [6.07, 6.45) is -1.20. The highest BCUT2D eigenvalue weighted by Crippen LogP contribution is 2.37. The molecule has 1 aromatic rings. The number of ether oxygens (including phenoxy) is 1. The van der Waals surface area contributed by atoms with Crippen molar-refractivity contribution in [2.24, 2.45) is 0 Å². The third-order valence-corrected chi connectivity index (χ3v) is 2.37. The van der Waals surface area contributed by atoms with E-state index in [1.807, 2.05) is 0 Å². The second-order valence-electron chi connectivity index (χ2n) is 2.37. The molecule has 0 heterocycles. The predicted octanol–water partition coefficient (Wildman–Crippen LogP) is 3.09. The lowest BCUT2D eigenvalue weighted by molar-refractivity contribution is 0.209. The number of hydrogen-bond donors (Lipinski definition) is 2. The number of amides is 1. The molecule has 0 atom stereocenters. The van der Waals surface area contributed by atoms with Crippen molar-refractivity contribution in [1.29, 1.82) is 0 Å². The summed E-state index contributed by atoms with van der Waals surface area (Å²) in [5.41, 5.74) is 0.227. The van der Waals surface area contributed by atoms with Gasteiger partial charge < -0.3 is 9.84 Å². The minimum absolute atomic E-state index is 0.119. The fraction of sp³-hybridized carbons (Fsp3) is 0.125. The number of carboxylic acid groups (broad SMARTS) is 1. The molecule has 0 aliphatic rings. The molecule has 0 saturated heterocycles. The van der Waals surface area contributed by atoms with Crippen LogP contribution in [0.15, 0.2) is 12.1 Å². The molecule has 4 nitrogen and oxygen atoms in total. The molecule has 0 aliphatic heterocycles. The van der Waals surface area contributed by atoms with E-state index in [1.165, 1.54) is 19.2 Å². The van der Waals surface area contributed by atoms with Crippen molar-refractivity contribution in [2.45, 2.75) is 0 Å². The normalized spacial score (nSPS) is 9.64. The summed E-state index contributed by atoms with van der Waals surface area (Å²) in [4.78, 5) is 10.3. The van der Waals surface area contributed by atoms with E-state index in [1.54, 1.807) is 0 Å². The zero-order valence-corrected chi connectivity index (χ0v) is 8.69. The van der Waals surface area contributed by atoms with Gasteiger partial charge in [-0.05, 0) is 12.1 Å². The molecule has 0 unspecified atom stereocenters. The lowest BCUT2D eigenvalue weighted by Crippen LogP contribution is -2.07. The summed E-state index contributed by atoms with van der Waals surface area (Å²) in [5, 5.41) is 10.9. The Bertz CT molecular complexity index is 368. The highest BCUT2D eigenvalue weighted by Gasteiger charge is 2.11. The lowest BCUT2D eigenvalue weighted by Gasteiger charge is -2.08. The van der Waals surface area contributed by atoms with Crippen LogP contribution in [0, 0.1) is 0 Å². The molecule has 14 heavy (non-hydrogen) atoms. The van der Waals surface area contributed by atoms with Crippen molar-refractivity contribution >= 4 is 35.0 Å². The quantitative estimate of drug-likeness (QED) is 0.829. The second-order valence-corrected chi connectivity index (χ2v) is 3.13. The van der Waals surface area contributed by atoms with Crippen LogP contribution in [0.3, 0.4) is 0 Å². The molecule has 6 heteroatoms. The van der Waals surface area contributed by atoms with Crippen molar-refractivity contribution < 1.29 is 14.6 Å². The molecule has 0 bridgehead atoms. The fourth-order valence-corrected chi connectivity index (χ4v) is 1.35. The Morgan fingerprint density at radius 1 is 1.43 bits per heavy atom. The van der Waals surface area contributed by atoms with Crippen LogP contribution in [-0.2, 0) is 0 Å². The number of nitrogens with one attached hydrogen (secondary N) is 1. The summed E-state index contributed by atoms with van der Waals surface area (Å²) in [5.74, 6) is 0.396. The van der Waals surface area contributed by atoms with Crippen LogP contribution in [0.1, 0.15) is 0 Å². The maximum absolute atomic E-state index is 10.3. The van der Waals surface area contributed by atoms with Gasteiger partial charge in [-0.1, -0.05) is 23.2 Å². The lowest BCUT2D eigenvalue weighted by atomic mass is 10.3. The number of anilines is 1. The van der Waals surface area contributed by atoms with Gasteiger partial charge in [-0.15, -0.1) is 0 Å². The van der Waals surface area contributed by atoms with E-state index in [9.17, 15) is 4.79 Å². The molecule has 0 aliphatic carbocycles. The number of benzene rings is 1. The molecule has 0 saturated carbocycles. The van der Waals surface area contributed by atoms with Gasteiger partial charge in [0.2, 0.25) is 0 Å². The van der Waals surface area contributed by atoms with E-state index in [0.29, 0.717) is 5.75 Å². The van der Waals surface area contributed by atoms with Gasteiger partial charge >= 0.3 is 6.09 Å². The van der Waals surface area contributed by atoms with Gasteiger partial charge in [0, 0.05) is 0 Å². The standard InChI is InChI=1S/C8H7Cl2NO3/c1-14-5-3-2-4(11-8(12)13)6(9)7(5)10/h2-3,11H,1H3,(H,12,13). The van der Waals surface area contributed by atoms with Crippen molar-refractivity contribution in [2.75, 3.05) is 12.4 Å². The van der Waals surface area contributed by atoms with E-state index in [-0.39, 0.29) is 15.7 Å². The number of rotatable bonds is 2. The Morgan fingerprint density at radius 3 is 2.57 bits per heavy atom. The topological polar surface area (TPSA) is 58.6 Å². The predicted molar refractivity (Wildman–Crippen MR) is 54.7 cm³/mol. The highest BCUT2D eigenvalue weighted by molar-refractivity contribution is 6.44. The molecule has 1 rings (SSSR count). The molecule has 0 fully saturated rings. The summed E-state index contributed by atoms with van der Waals surface area (Å²) in [6, 6.07) is 3.00. The van der Waals surface area contributed by atoms with E-state index >= 15 is 0 Å². The average Bonchev–Trinajstić information content (AvgIpc) is 2.13. The Balaban J connectivity index is 3.10. The number of halogens is 2. The van der Waals surface area contributed by atoms with Gasteiger partial charge in [0.25, 0.3) is 0 Å². The first-order chi connectivity index (χ1) is 6.56. The molecule has 2 N–H and O–H groups in total. The minimum Gasteiger partial charge on any atom is -0.495 e. The molecule has 1 amide bonds. The smallest absolute Gasteiger partial charge is 0.409 e. The van der Waals surface area contributed by atoms with E-state index in [4.69, 9.17) is 33.0 Å². The van der Waals surface area contributed by atoms with Crippen LogP contribution in [-0.4, -0.2) is 18.3 Å². The number of carbonyl (C=O) groups is 1. The molecular formula is C8H7Cl2NO3. The average molecular weight is 236 g/mol. The summed E-state index contributed by atoms with van der Waals surface area (Å²) >= 11 is 11.6. The molecular weight excluding hydrogens is 229 g/mol. The zero-order chi connectivity index (χ0) is 10.7. The van der Waals surface area contributed by atoms with Crippen LogP contribution in [0.4, 0.5) is 10.5 Å². The van der Waals surface area contributed by atoms with Gasteiger partial charge in [0.05, 0.1) is 17.8 Å². The first-order valence-corrected chi connectivity index (χ1v) is 4.33. The van der Waals surface area contributed by atoms with Crippen molar-refractivity contribution in [3.05, 3.63) is 22.2 Å². The van der Waals surface area contributed by atoms with Crippen LogP contribution in [0.25, 0.3) is 0 Å². The zero-order valence-electron chi connectivity index (χ0n) is 7.17. The molecule has 76 valence electrons. The van der Waals surface area contributed by atoms with Gasteiger partial charge in [0.15, 0.2) is 0 Å². The van der Waals surface area contributed by atoms with E-state index in [0.717, 1.165) is 0 Å². The number of methoxy groups -OCH3 is 1. The van der Waals surface area contributed by atoms with Crippen molar-refractivity contribution in [3.8, 4) is 5.75 Å². The third kappa shape index (κ3) is 2.21. The van der Waals surface area contributed by atoms with Gasteiger partial charge in [0.1, 0.15) is 10.8 Å². The SMILES string of the molecule is COc1ccc(NC(=O)O)c(Cl)c1Cl. The third-order valence-electron chi connectivity index (χ3n) is 1.51. The molecule has 0 radical (unpaired) electrons. The second kappa shape index (κ2) is 4.39. The largest absolute Gasteiger partial charge is 0.495 e. The fourth-order valence-electron chi connectivity index (χ4n) is 0.901. The van der Waals surface area contributed by atoms with Gasteiger partial charge in [-0.2, -0.15) is 0 Å². The first-order valence-electron chi connectivity index (χ1n) is 3.58. The van der Waals surface area contributed by atoms with E-state index < -0.39 is 6.09 Å². The van der Waals surface area contributed by atoms with Crippen molar-refractivity contribution in [3.63, 3.8) is 0 Å². The monoisotopic (exact) mass is 235 g/mol. The van der Waals surface area contributed by atoms with Crippen LogP contribution < -0.4 is 10.1 Å².